The molecule has 0 radical (unpaired) electrons. The molecular formula is C17H31N5O2. The lowest BCUT2D eigenvalue weighted by Crippen LogP contribution is -2.66. The van der Waals surface area contributed by atoms with Gasteiger partial charge in [0, 0.05) is 33.2 Å². The van der Waals surface area contributed by atoms with Crippen molar-refractivity contribution in [3.8, 4) is 0 Å². The van der Waals surface area contributed by atoms with Gasteiger partial charge in [-0.2, -0.15) is 0 Å². The molecule has 0 unspecified atom stereocenters. The summed E-state index contributed by atoms with van der Waals surface area (Å²) in [5.41, 5.74) is -0.314. The molecule has 1 saturated heterocycles. The molecule has 0 aromatic carbocycles. The highest BCUT2D eigenvalue weighted by molar-refractivity contribution is 5.90. The molecule has 1 aliphatic heterocycles. The van der Waals surface area contributed by atoms with E-state index in [1.54, 1.807) is 20.2 Å². The molecule has 0 aromatic rings. The van der Waals surface area contributed by atoms with Gasteiger partial charge < -0.3 is 20.0 Å². The number of carbonyl (C=O) groups is 2. The first-order valence-corrected chi connectivity index (χ1v) is 8.26. The highest BCUT2D eigenvalue weighted by Crippen LogP contribution is 2.24. The van der Waals surface area contributed by atoms with Gasteiger partial charge in [0.1, 0.15) is 6.54 Å². The van der Waals surface area contributed by atoms with Gasteiger partial charge in [-0.15, -0.1) is 6.58 Å². The van der Waals surface area contributed by atoms with Gasteiger partial charge in [-0.25, -0.2) is 4.99 Å². The summed E-state index contributed by atoms with van der Waals surface area (Å²) in [6.45, 7) is 13.3. The minimum Gasteiger partial charge on any atom is -0.353 e. The summed E-state index contributed by atoms with van der Waals surface area (Å²) in [5.74, 6) is 0.544. The molecule has 2 amide bonds. The van der Waals surface area contributed by atoms with E-state index in [0.29, 0.717) is 19.0 Å². The number of hydrogen-bond donors (Lipinski definition) is 1. The molecule has 0 bridgehead atoms. The number of aliphatic imine (C=N–C) groups is 1. The van der Waals surface area contributed by atoms with Crippen LogP contribution >= 0.6 is 0 Å². The van der Waals surface area contributed by atoms with Gasteiger partial charge in [0.05, 0.1) is 12.1 Å². The first-order chi connectivity index (χ1) is 11.1. The summed E-state index contributed by atoms with van der Waals surface area (Å²) in [4.78, 5) is 34.1. The van der Waals surface area contributed by atoms with Crippen LogP contribution < -0.4 is 5.32 Å². The number of likely N-dealkylation sites (N-methyl/N-ethyl adjacent to an activating group) is 1. The van der Waals surface area contributed by atoms with Crippen molar-refractivity contribution in [3.63, 3.8) is 0 Å². The molecule has 24 heavy (non-hydrogen) atoms. The molecule has 0 spiro atoms. The van der Waals surface area contributed by atoms with Gasteiger partial charge in [-0.05, 0) is 27.7 Å². The van der Waals surface area contributed by atoms with Crippen molar-refractivity contribution in [2.75, 3.05) is 40.3 Å². The molecule has 1 heterocycles. The number of nitrogens with zero attached hydrogens (tertiary/aromatic N) is 4. The second-order valence-electron chi connectivity index (χ2n) is 7.12. The van der Waals surface area contributed by atoms with Crippen LogP contribution in [0.2, 0.25) is 0 Å². The molecular weight excluding hydrogens is 306 g/mol. The van der Waals surface area contributed by atoms with Crippen LogP contribution in [0.5, 0.6) is 0 Å². The summed E-state index contributed by atoms with van der Waals surface area (Å²) in [7, 11) is 3.39. The van der Waals surface area contributed by atoms with Crippen LogP contribution in [-0.2, 0) is 9.59 Å². The third-order valence-corrected chi connectivity index (χ3v) is 3.91. The van der Waals surface area contributed by atoms with Crippen molar-refractivity contribution in [2.45, 2.75) is 39.3 Å². The fourth-order valence-corrected chi connectivity index (χ4v) is 3.03. The van der Waals surface area contributed by atoms with Crippen LogP contribution in [0.15, 0.2) is 17.6 Å². The Bertz CT molecular complexity index is 511. The van der Waals surface area contributed by atoms with E-state index in [4.69, 9.17) is 0 Å². The average Bonchev–Trinajstić information content (AvgIpc) is 2.44. The molecule has 0 saturated carbocycles. The lowest BCUT2D eigenvalue weighted by atomic mass is 9.96. The summed E-state index contributed by atoms with van der Waals surface area (Å²) in [5, 5.41) is 3.15. The fraction of sp³-hybridized carbons (Fsp3) is 0.706. The van der Waals surface area contributed by atoms with Crippen molar-refractivity contribution in [1.82, 2.24) is 20.0 Å². The molecule has 7 heteroatoms. The third kappa shape index (κ3) is 4.97. The molecule has 1 aliphatic rings. The largest absolute Gasteiger partial charge is 0.353 e. The quantitative estimate of drug-likeness (QED) is 0.452. The van der Waals surface area contributed by atoms with Crippen LogP contribution in [0.25, 0.3) is 0 Å². The van der Waals surface area contributed by atoms with Gasteiger partial charge in [0.2, 0.25) is 11.8 Å². The van der Waals surface area contributed by atoms with Crippen LogP contribution in [0.4, 0.5) is 0 Å². The van der Waals surface area contributed by atoms with E-state index in [9.17, 15) is 9.59 Å². The minimum absolute atomic E-state index is 0.0471. The number of guanidine groups is 1. The third-order valence-electron chi connectivity index (χ3n) is 3.91. The molecule has 1 fully saturated rings. The topological polar surface area (TPSA) is 68.2 Å². The number of nitrogens with one attached hydrogen (secondary N) is 1. The van der Waals surface area contributed by atoms with E-state index < -0.39 is 0 Å². The highest BCUT2D eigenvalue weighted by Gasteiger charge is 2.40. The summed E-state index contributed by atoms with van der Waals surface area (Å²) in [6.07, 6.45) is 1.72. The Morgan fingerprint density at radius 2 is 2.08 bits per heavy atom. The Hall–Kier alpha value is -2.05. The molecule has 136 valence electrons. The Kier molecular flexibility index (Phi) is 6.81. The van der Waals surface area contributed by atoms with Gasteiger partial charge in [-0.1, -0.05) is 6.08 Å². The van der Waals surface area contributed by atoms with E-state index in [-0.39, 0.29) is 36.5 Å². The number of carbonyl (C=O) groups excluding carboxylic acids is 2. The normalized spacial score (nSPS) is 18.0. The smallest absolute Gasteiger partial charge is 0.243 e. The molecule has 1 rings (SSSR count). The van der Waals surface area contributed by atoms with Crippen molar-refractivity contribution in [2.24, 2.45) is 4.99 Å². The second kappa shape index (κ2) is 8.17. The van der Waals surface area contributed by atoms with Crippen molar-refractivity contribution >= 4 is 17.8 Å². The van der Waals surface area contributed by atoms with Gasteiger partial charge >= 0.3 is 0 Å². The Morgan fingerprint density at radius 3 is 2.54 bits per heavy atom. The SMILES string of the molecule is C=CCNC(=NCC(=O)N(C)C)N1CC(=O)N(C(C)C)C(C)(C)C1. The summed E-state index contributed by atoms with van der Waals surface area (Å²) >= 11 is 0. The van der Waals surface area contributed by atoms with Crippen LogP contribution in [-0.4, -0.2) is 84.3 Å². The lowest BCUT2D eigenvalue weighted by molar-refractivity contribution is -0.145. The maximum absolute atomic E-state index is 12.6. The van der Waals surface area contributed by atoms with E-state index in [2.05, 4.69) is 16.9 Å². The molecule has 0 aliphatic carbocycles. The van der Waals surface area contributed by atoms with Crippen molar-refractivity contribution < 1.29 is 9.59 Å². The second-order valence-corrected chi connectivity index (χ2v) is 7.12. The predicted molar refractivity (Wildman–Crippen MR) is 96.8 cm³/mol. The Balaban J connectivity index is 2.98. The number of rotatable bonds is 5. The summed E-state index contributed by atoms with van der Waals surface area (Å²) < 4.78 is 0. The minimum atomic E-state index is -0.314. The van der Waals surface area contributed by atoms with E-state index in [1.165, 1.54) is 4.90 Å². The van der Waals surface area contributed by atoms with Crippen LogP contribution in [0.1, 0.15) is 27.7 Å². The van der Waals surface area contributed by atoms with E-state index in [1.807, 2.05) is 37.5 Å². The van der Waals surface area contributed by atoms with Gasteiger partial charge in [0.25, 0.3) is 0 Å². The zero-order valence-electron chi connectivity index (χ0n) is 15.8. The standard InChI is InChI=1S/C17H31N5O2/c1-8-9-18-16(19-10-14(23)20(6)7)21-11-15(24)22(13(2)3)17(4,5)12-21/h8,13H,1,9-12H2,2-7H3,(H,18,19). The van der Waals surface area contributed by atoms with E-state index in [0.717, 1.165) is 0 Å². The van der Waals surface area contributed by atoms with E-state index >= 15 is 0 Å². The van der Waals surface area contributed by atoms with Crippen LogP contribution in [0, 0.1) is 0 Å². The molecule has 1 N–H and O–H groups in total. The van der Waals surface area contributed by atoms with Crippen LogP contribution in [0.3, 0.4) is 0 Å². The molecule has 0 aromatic heterocycles. The highest BCUT2D eigenvalue weighted by atomic mass is 16.2. The first kappa shape index (κ1) is 20.0. The van der Waals surface area contributed by atoms with Gasteiger partial charge in [-0.3, -0.25) is 9.59 Å². The monoisotopic (exact) mass is 337 g/mol. The Labute approximate surface area is 145 Å². The van der Waals surface area contributed by atoms with Crippen molar-refractivity contribution in [3.05, 3.63) is 12.7 Å². The first-order valence-electron chi connectivity index (χ1n) is 8.26. The fourth-order valence-electron chi connectivity index (χ4n) is 3.03. The Morgan fingerprint density at radius 1 is 1.46 bits per heavy atom. The maximum Gasteiger partial charge on any atom is 0.243 e. The predicted octanol–water partition coefficient (Wildman–Crippen LogP) is 0.537. The number of hydrogen-bond acceptors (Lipinski definition) is 3. The zero-order chi connectivity index (χ0) is 18.5. The molecule has 7 nitrogen and oxygen atoms in total. The number of piperazine rings is 1. The molecule has 0 atom stereocenters. The van der Waals surface area contributed by atoms with Crippen molar-refractivity contribution in [1.29, 1.82) is 0 Å². The number of amides is 2. The summed E-state index contributed by atoms with van der Waals surface area (Å²) in [6, 6.07) is 0.145. The van der Waals surface area contributed by atoms with Gasteiger partial charge in [0.15, 0.2) is 5.96 Å². The average molecular weight is 337 g/mol. The zero-order valence-corrected chi connectivity index (χ0v) is 15.8. The maximum atomic E-state index is 12.6. The lowest BCUT2D eigenvalue weighted by Gasteiger charge is -2.49.